The maximum atomic E-state index is 13.1. The molecular formula is C6H5BrFNO2. The topological polar surface area (TPSA) is 43.1 Å². The molecule has 1 aliphatic carbocycles. The average Bonchev–Trinajstić information content (AvgIpc) is 1.86. The fourth-order valence-corrected chi connectivity index (χ4v) is 1.33. The SMILES string of the molecule is O=[N+]([O-])C1(F)C=CC=C(Br)C1. The third-order valence-electron chi connectivity index (χ3n) is 1.35. The van der Waals surface area contributed by atoms with Gasteiger partial charge in [-0.05, 0) is 0 Å². The van der Waals surface area contributed by atoms with E-state index in [1.807, 2.05) is 0 Å². The van der Waals surface area contributed by atoms with Crippen molar-refractivity contribution in [3.63, 3.8) is 0 Å². The third-order valence-corrected chi connectivity index (χ3v) is 1.89. The van der Waals surface area contributed by atoms with E-state index >= 15 is 0 Å². The molecule has 0 aromatic rings. The molecule has 0 N–H and O–H groups in total. The monoisotopic (exact) mass is 221 g/mol. The lowest BCUT2D eigenvalue weighted by molar-refractivity contribution is -0.588. The van der Waals surface area contributed by atoms with E-state index in [0.29, 0.717) is 4.48 Å². The Morgan fingerprint density at radius 3 is 2.82 bits per heavy atom. The molecule has 1 aliphatic rings. The van der Waals surface area contributed by atoms with Crippen LogP contribution in [0.15, 0.2) is 22.7 Å². The van der Waals surface area contributed by atoms with Gasteiger partial charge in [0.05, 0.1) is 11.3 Å². The Morgan fingerprint density at radius 1 is 1.82 bits per heavy atom. The van der Waals surface area contributed by atoms with Gasteiger partial charge in [-0.2, -0.15) is 4.39 Å². The lowest BCUT2D eigenvalue weighted by atomic mass is 10.1. The first-order chi connectivity index (χ1) is 5.04. The fraction of sp³-hybridized carbons (Fsp3) is 0.333. The van der Waals surface area contributed by atoms with Gasteiger partial charge in [0, 0.05) is 10.6 Å². The minimum atomic E-state index is -2.42. The highest BCUT2D eigenvalue weighted by molar-refractivity contribution is 9.11. The zero-order chi connectivity index (χ0) is 8.48. The van der Waals surface area contributed by atoms with Crippen LogP contribution in [0.4, 0.5) is 4.39 Å². The molecule has 1 atom stereocenters. The minimum Gasteiger partial charge on any atom is -0.261 e. The van der Waals surface area contributed by atoms with Crippen molar-refractivity contribution in [2.24, 2.45) is 0 Å². The molecule has 0 amide bonds. The summed E-state index contributed by atoms with van der Waals surface area (Å²) in [4.78, 5) is 9.22. The smallest absolute Gasteiger partial charge is 0.261 e. The van der Waals surface area contributed by atoms with Crippen molar-refractivity contribution in [2.75, 3.05) is 0 Å². The highest BCUT2D eigenvalue weighted by Crippen LogP contribution is 2.30. The van der Waals surface area contributed by atoms with E-state index in [1.165, 1.54) is 6.08 Å². The van der Waals surface area contributed by atoms with Crippen LogP contribution in [0.2, 0.25) is 0 Å². The molecule has 5 heteroatoms. The number of nitro groups is 1. The number of allylic oxidation sites excluding steroid dienone is 2. The molecule has 60 valence electrons. The Kier molecular flexibility index (Phi) is 2.08. The zero-order valence-electron chi connectivity index (χ0n) is 5.46. The van der Waals surface area contributed by atoms with Crippen molar-refractivity contribution in [1.82, 2.24) is 0 Å². The summed E-state index contributed by atoms with van der Waals surface area (Å²) in [6, 6.07) is 0. The first-order valence-corrected chi connectivity index (χ1v) is 3.71. The maximum absolute atomic E-state index is 13.1. The highest BCUT2D eigenvalue weighted by atomic mass is 79.9. The summed E-state index contributed by atoms with van der Waals surface area (Å²) in [5, 5.41) is 10.2. The Morgan fingerprint density at radius 2 is 2.45 bits per heavy atom. The summed E-state index contributed by atoms with van der Waals surface area (Å²) in [5.41, 5.74) is 0. The molecule has 0 radical (unpaired) electrons. The lowest BCUT2D eigenvalue weighted by Gasteiger charge is -2.14. The first kappa shape index (κ1) is 8.39. The van der Waals surface area contributed by atoms with E-state index in [0.717, 1.165) is 6.08 Å². The number of hydrogen-bond acceptors (Lipinski definition) is 2. The fourth-order valence-electron chi connectivity index (χ4n) is 0.780. The second-order valence-electron chi connectivity index (χ2n) is 2.23. The number of halogens is 2. The molecule has 0 bridgehead atoms. The molecular weight excluding hydrogens is 217 g/mol. The van der Waals surface area contributed by atoms with Crippen LogP contribution < -0.4 is 0 Å². The summed E-state index contributed by atoms with van der Waals surface area (Å²) in [7, 11) is 0. The van der Waals surface area contributed by atoms with E-state index in [9.17, 15) is 14.5 Å². The molecule has 11 heavy (non-hydrogen) atoms. The van der Waals surface area contributed by atoms with Gasteiger partial charge in [-0.25, -0.2) is 0 Å². The second-order valence-corrected chi connectivity index (χ2v) is 3.24. The quantitative estimate of drug-likeness (QED) is 0.387. The zero-order valence-corrected chi connectivity index (χ0v) is 7.04. The van der Waals surface area contributed by atoms with Crippen molar-refractivity contribution in [3.05, 3.63) is 32.8 Å². The van der Waals surface area contributed by atoms with E-state index in [4.69, 9.17) is 0 Å². The number of alkyl halides is 1. The molecule has 0 fully saturated rings. The highest BCUT2D eigenvalue weighted by Gasteiger charge is 2.41. The van der Waals surface area contributed by atoms with Crippen LogP contribution in [-0.4, -0.2) is 10.7 Å². The molecule has 0 saturated carbocycles. The number of rotatable bonds is 1. The van der Waals surface area contributed by atoms with Gasteiger partial charge in [0.25, 0.3) is 0 Å². The predicted octanol–water partition coefficient (Wildman–Crippen LogP) is 2.17. The van der Waals surface area contributed by atoms with Crippen LogP contribution in [0.3, 0.4) is 0 Å². The van der Waals surface area contributed by atoms with Gasteiger partial charge in [-0.1, -0.05) is 28.1 Å². The van der Waals surface area contributed by atoms with Gasteiger partial charge >= 0.3 is 5.79 Å². The number of hydrogen-bond donors (Lipinski definition) is 0. The lowest BCUT2D eigenvalue weighted by Crippen LogP contribution is -2.31. The summed E-state index contributed by atoms with van der Waals surface area (Å²) >= 11 is 3.00. The Labute approximate surface area is 70.9 Å². The molecule has 1 unspecified atom stereocenters. The van der Waals surface area contributed by atoms with E-state index in [2.05, 4.69) is 15.9 Å². The van der Waals surface area contributed by atoms with Crippen LogP contribution in [0.5, 0.6) is 0 Å². The summed E-state index contributed by atoms with van der Waals surface area (Å²) in [6.45, 7) is 0. The van der Waals surface area contributed by atoms with E-state index in [1.54, 1.807) is 6.08 Å². The molecule has 3 nitrogen and oxygen atoms in total. The Bertz CT molecular complexity index is 251. The third kappa shape index (κ3) is 1.65. The number of nitrogens with zero attached hydrogens (tertiary/aromatic N) is 1. The molecule has 0 aromatic carbocycles. The van der Waals surface area contributed by atoms with Crippen molar-refractivity contribution >= 4 is 15.9 Å². The largest absolute Gasteiger partial charge is 0.382 e. The summed E-state index contributed by atoms with van der Waals surface area (Å²) < 4.78 is 13.6. The van der Waals surface area contributed by atoms with Crippen LogP contribution >= 0.6 is 15.9 Å². The molecule has 0 aromatic heterocycles. The van der Waals surface area contributed by atoms with Crippen LogP contribution in [0.1, 0.15) is 6.42 Å². The summed E-state index contributed by atoms with van der Waals surface area (Å²) in [6.07, 6.45) is 3.63. The standard InChI is InChI=1S/C6H5BrFNO2/c7-5-2-1-3-6(8,4-5)9(10)11/h1-3H,4H2. The van der Waals surface area contributed by atoms with Gasteiger partial charge in [-0.15, -0.1) is 0 Å². The Hall–Kier alpha value is -0.710. The molecule has 0 spiro atoms. The second kappa shape index (κ2) is 2.73. The van der Waals surface area contributed by atoms with Crippen molar-refractivity contribution in [2.45, 2.75) is 12.2 Å². The molecule has 1 rings (SSSR count). The maximum Gasteiger partial charge on any atom is 0.382 e. The molecule has 0 saturated heterocycles. The van der Waals surface area contributed by atoms with Gasteiger partial charge < -0.3 is 0 Å². The van der Waals surface area contributed by atoms with Crippen LogP contribution in [0.25, 0.3) is 0 Å². The van der Waals surface area contributed by atoms with Crippen LogP contribution in [-0.2, 0) is 0 Å². The van der Waals surface area contributed by atoms with Gasteiger partial charge in [0.15, 0.2) is 0 Å². The van der Waals surface area contributed by atoms with Crippen molar-refractivity contribution < 1.29 is 9.31 Å². The first-order valence-electron chi connectivity index (χ1n) is 2.92. The van der Waals surface area contributed by atoms with Crippen LogP contribution in [0, 0.1) is 10.1 Å². The summed E-state index contributed by atoms with van der Waals surface area (Å²) in [5.74, 6) is -2.42. The van der Waals surface area contributed by atoms with Crippen molar-refractivity contribution in [3.8, 4) is 0 Å². The normalized spacial score (nSPS) is 29.8. The van der Waals surface area contributed by atoms with Gasteiger partial charge in [0.2, 0.25) is 0 Å². The predicted molar refractivity (Wildman–Crippen MR) is 41.6 cm³/mol. The molecule has 0 aliphatic heterocycles. The van der Waals surface area contributed by atoms with E-state index in [-0.39, 0.29) is 6.42 Å². The van der Waals surface area contributed by atoms with Gasteiger partial charge in [-0.3, -0.25) is 10.1 Å². The van der Waals surface area contributed by atoms with E-state index < -0.39 is 10.7 Å². The van der Waals surface area contributed by atoms with Crippen molar-refractivity contribution in [1.29, 1.82) is 0 Å². The average molecular weight is 222 g/mol. The van der Waals surface area contributed by atoms with Gasteiger partial charge in [0.1, 0.15) is 0 Å². The molecule has 0 heterocycles. The minimum absolute atomic E-state index is 0.226. The Balaban J connectivity index is 2.86.